The van der Waals surface area contributed by atoms with Gasteiger partial charge in [-0.25, -0.2) is 4.98 Å². The van der Waals surface area contributed by atoms with Gasteiger partial charge in [-0.15, -0.1) is 11.6 Å². The Labute approximate surface area is 223 Å². The number of rotatable bonds is 3. The average molecular weight is 661 g/mol. The number of ether oxygens (including phenoxy) is 2. The van der Waals surface area contributed by atoms with E-state index >= 15 is 0 Å². The van der Waals surface area contributed by atoms with Gasteiger partial charge in [0, 0.05) is 56.5 Å². The van der Waals surface area contributed by atoms with Crippen molar-refractivity contribution in [1.82, 2.24) is 15.0 Å². The van der Waals surface area contributed by atoms with Crippen molar-refractivity contribution in [2.75, 3.05) is 0 Å². The molecule has 7 nitrogen and oxygen atoms in total. The van der Waals surface area contributed by atoms with Gasteiger partial charge in [-0.3, -0.25) is 15.0 Å². The molecule has 36 heavy (non-hydrogen) atoms. The fourth-order valence-electron chi connectivity index (χ4n) is 5.07. The Morgan fingerprint density at radius 3 is 2.69 bits per heavy atom. The van der Waals surface area contributed by atoms with Crippen LogP contribution in [0.25, 0.3) is 10.9 Å². The van der Waals surface area contributed by atoms with Crippen molar-refractivity contribution in [3.63, 3.8) is 0 Å². The molecule has 4 aromatic rings. The van der Waals surface area contributed by atoms with Gasteiger partial charge >= 0.3 is 0 Å². The Morgan fingerprint density at radius 2 is 1.89 bits per heavy atom. The zero-order chi connectivity index (χ0) is 24.5. The van der Waals surface area contributed by atoms with Crippen molar-refractivity contribution in [2.24, 2.45) is 4.99 Å². The molecule has 0 saturated carbocycles. The van der Waals surface area contributed by atoms with Crippen LogP contribution in [0.5, 0.6) is 17.4 Å². The first-order chi connectivity index (χ1) is 16.7. The van der Waals surface area contributed by atoms with Crippen molar-refractivity contribution in [3.05, 3.63) is 82.4 Å². The van der Waals surface area contributed by atoms with Crippen molar-refractivity contribution in [3.8, 4) is 17.4 Å². The first kappa shape index (κ1) is 24.4. The molecule has 1 N–H and O–H groups in total. The molecule has 1 aliphatic carbocycles. The molecule has 2 aliphatic rings. The van der Waals surface area contributed by atoms with E-state index in [-0.39, 0.29) is 44.4 Å². The summed E-state index contributed by atoms with van der Waals surface area (Å²) in [7, 11) is 0. The molecule has 3 aromatic heterocycles. The Bertz CT molecular complexity index is 1550. The fraction of sp³-hybridized carbons (Fsp3) is 0.286. The number of benzene rings is 1. The first-order valence-electron chi connectivity index (χ1n) is 11.6. The number of hydrogen-bond donors (Lipinski definition) is 1. The smallest absolute Gasteiger partial charge is 0.217 e. The quantitative estimate of drug-likeness (QED) is 0.295. The number of fused-ring (bicyclic) bond motifs is 4. The SMILES string of the molecule is Cc1cc(C)c(C2=N[C@H]3c4ccncc4C(C)(C)[C@H]3O2)[c-]c1Oc1ccc2cnc(C)c(O)c2n1.[Pt]. The van der Waals surface area contributed by atoms with Crippen LogP contribution in [-0.2, 0) is 31.2 Å². The van der Waals surface area contributed by atoms with E-state index in [1.807, 2.05) is 44.4 Å². The molecular formula is C28H25N4O3Pt-. The number of nitrogens with zero attached hydrogens (tertiary/aromatic N) is 4. The number of aromatic nitrogens is 3. The number of pyridine rings is 3. The van der Waals surface area contributed by atoms with E-state index in [0.717, 1.165) is 27.6 Å². The van der Waals surface area contributed by atoms with Crippen LogP contribution in [0, 0.1) is 26.8 Å². The second kappa shape index (κ2) is 8.66. The third-order valence-corrected chi connectivity index (χ3v) is 7.07. The third kappa shape index (κ3) is 3.68. The predicted octanol–water partition coefficient (Wildman–Crippen LogP) is 5.42. The van der Waals surface area contributed by atoms with Crippen LogP contribution < -0.4 is 4.74 Å². The summed E-state index contributed by atoms with van der Waals surface area (Å²) in [6.07, 6.45) is 5.32. The molecule has 1 aliphatic heterocycles. The molecule has 2 atom stereocenters. The number of hydrogen-bond acceptors (Lipinski definition) is 7. The molecule has 0 radical (unpaired) electrons. The van der Waals surface area contributed by atoms with Crippen molar-refractivity contribution >= 4 is 16.8 Å². The maximum Gasteiger partial charge on any atom is 0.217 e. The molecule has 0 spiro atoms. The van der Waals surface area contributed by atoms with Gasteiger partial charge in [0.05, 0.1) is 11.4 Å². The zero-order valence-electron chi connectivity index (χ0n) is 20.6. The van der Waals surface area contributed by atoms with Gasteiger partial charge < -0.3 is 14.6 Å². The minimum Gasteiger partial charge on any atom is -0.513 e. The number of aryl methyl sites for hydroxylation is 3. The largest absolute Gasteiger partial charge is 0.513 e. The summed E-state index contributed by atoms with van der Waals surface area (Å²) in [6, 6.07) is 11.0. The van der Waals surface area contributed by atoms with Gasteiger partial charge in [0.15, 0.2) is 5.75 Å². The fourth-order valence-corrected chi connectivity index (χ4v) is 5.07. The second-order valence-electron chi connectivity index (χ2n) is 9.82. The van der Waals surface area contributed by atoms with Crippen LogP contribution in [0.15, 0.2) is 47.8 Å². The van der Waals surface area contributed by atoms with Crippen LogP contribution in [0.3, 0.4) is 0 Å². The number of aliphatic imine (C=N–C) groups is 1. The summed E-state index contributed by atoms with van der Waals surface area (Å²) in [5.74, 6) is 1.52. The molecule has 186 valence electrons. The summed E-state index contributed by atoms with van der Waals surface area (Å²) in [5, 5.41) is 11.1. The maximum atomic E-state index is 10.4. The van der Waals surface area contributed by atoms with Crippen LogP contribution in [-0.4, -0.2) is 32.1 Å². The van der Waals surface area contributed by atoms with Gasteiger partial charge in [0.2, 0.25) is 5.88 Å². The Hall–Kier alpha value is -3.31. The molecular weight excluding hydrogens is 635 g/mol. The zero-order valence-corrected chi connectivity index (χ0v) is 22.8. The first-order valence-corrected chi connectivity index (χ1v) is 11.6. The van der Waals surface area contributed by atoms with E-state index in [9.17, 15) is 5.11 Å². The van der Waals surface area contributed by atoms with Gasteiger partial charge in [0.25, 0.3) is 0 Å². The van der Waals surface area contributed by atoms with E-state index in [2.05, 4.69) is 34.9 Å². The summed E-state index contributed by atoms with van der Waals surface area (Å²) < 4.78 is 12.6. The van der Waals surface area contributed by atoms with E-state index in [0.29, 0.717) is 28.7 Å². The summed E-state index contributed by atoms with van der Waals surface area (Å²) in [5.41, 5.74) is 5.80. The van der Waals surface area contributed by atoms with E-state index in [1.54, 1.807) is 19.2 Å². The van der Waals surface area contributed by atoms with Gasteiger partial charge in [0.1, 0.15) is 23.6 Å². The second-order valence-corrected chi connectivity index (χ2v) is 9.82. The topological polar surface area (TPSA) is 89.7 Å². The minimum atomic E-state index is -0.207. The molecule has 0 amide bonds. The van der Waals surface area contributed by atoms with Crippen molar-refractivity contribution in [1.29, 1.82) is 0 Å². The molecule has 1 aromatic carbocycles. The summed E-state index contributed by atoms with van der Waals surface area (Å²) >= 11 is 0. The van der Waals surface area contributed by atoms with Crippen molar-refractivity contribution < 1.29 is 35.6 Å². The Balaban J connectivity index is 0.00000267. The average Bonchev–Trinajstić information content (AvgIpc) is 3.37. The Kier molecular flexibility index (Phi) is 5.87. The van der Waals surface area contributed by atoms with Gasteiger partial charge in [-0.2, -0.15) is 0 Å². The standard InChI is InChI=1S/C28H25N4O3.Pt/c1-14-10-15(2)21(34-22-7-6-17-12-30-16(3)25(33)23(17)31-22)11-19(14)27-32-24-18-8-9-29-13-20(18)28(4,5)26(24)35-27;/h6-10,12-13,24,26,33H,1-5H3;/q-1;/t24-,26-;/m0./s1. The maximum absolute atomic E-state index is 10.4. The molecule has 4 heterocycles. The predicted molar refractivity (Wildman–Crippen MR) is 132 cm³/mol. The van der Waals surface area contributed by atoms with Gasteiger partial charge in [-0.1, -0.05) is 44.9 Å². The monoisotopic (exact) mass is 660 g/mol. The number of aromatic hydroxyl groups is 1. The summed E-state index contributed by atoms with van der Waals surface area (Å²) in [4.78, 5) is 18.0. The third-order valence-electron chi connectivity index (χ3n) is 7.07. The van der Waals surface area contributed by atoms with E-state index < -0.39 is 0 Å². The van der Waals surface area contributed by atoms with Crippen LogP contribution in [0.4, 0.5) is 0 Å². The molecule has 8 heteroatoms. The van der Waals surface area contributed by atoms with Crippen LogP contribution in [0.2, 0.25) is 0 Å². The molecule has 0 unspecified atom stereocenters. The molecule has 0 saturated heterocycles. The minimum absolute atomic E-state index is 0. The summed E-state index contributed by atoms with van der Waals surface area (Å²) in [6.45, 7) is 10.1. The molecule has 0 fully saturated rings. The van der Waals surface area contributed by atoms with Crippen LogP contribution >= 0.6 is 0 Å². The molecule has 6 rings (SSSR count). The van der Waals surface area contributed by atoms with Crippen molar-refractivity contribution in [2.45, 2.75) is 52.2 Å². The van der Waals surface area contributed by atoms with E-state index in [4.69, 9.17) is 14.5 Å². The van der Waals surface area contributed by atoms with Crippen LogP contribution in [0.1, 0.15) is 53.4 Å². The molecule has 0 bridgehead atoms. The Morgan fingerprint density at radius 1 is 1.08 bits per heavy atom. The normalized spacial score (nSPS) is 19.2. The van der Waals surface area contributed by atoms with Gasteiger partial charge in [-0.05, 0) is 30.2 Å². The van der Waals surface area contributed by atoms with E-state index in [1.165, 1.54) is 5.56 Å².